The predicted octanol–water partition coefficient (Wildman–Crippen LogP) is 3.10. The number of amides is 1. The first-order valence-corrected chi connectivity index (χ1v) is 7.92. The van der Waals surface area contributed by atoms with Crippen LogP contribution >= 0.6 is 0 Å². The number of rotatable bonds is 5. The van der Waals surface area contributed by atoms with Crippen molar-refractivity contribution in [3.8, 4) is 0 Å². The summed E-state index contributed by atoms with van der Waals surface area (Å²) in [4.78, 5) is 12.5. The van der Waals surface area contributed by atoms with Gasteiger partial charge < -0.3 is 10.6 Å². The van der Waals surface area contributed by atoms with Gasteiger partial charge in [-0.1, -0.05) is 55.5 Å². The minimum Gasteiger partial charge on any atom is -0.351 e. The first-order valence-electron chi connectivity index (χ1n) is 7.92. The maximum absolute atomic E-state index is 12.5. The Labute approximate surface area is 131 Å². The Hall–Kier alpha value is -2.13. The molecule has 0 aliphatic carbocycles. The van der Waals surface area contributed by atoms with E-state index in [4.69, 9.17) is 0 Å². The van der Waals surface area contributed by atoms with E-state index >= 15 is 0 Å². The van der Waals surface area contributed by atoms with Gasteiger partial charge in [-0.3, -0.25) is 4.79 Å². The highest BCUT2D eigenvalue weighted by atomic mass is 16.1. The van der Waals surface area contributed by atoms with Crippen LogP contribution in [0.2, 0.25) is 0 Å². The molecule has 1 atom stereocenters. The van der Waals surface area contributed by atoms with E-state index in [0.29, 0.717) is 6.54 Å². The normalized spacial score (nSPS) is 14.4. The molecular weight excluding hydrogens is 272 g/mol. The van der Waals surface area contributed by atoms with Crippen LogP contribution in [-0.4, -0.2) is 5.91 Å². The third-order valence-corrected chi connectivity index (χ3v) is 4.30. The Balaban J connectivity index is 1.64. The van der Waals surface area contributed by atoms with Crippen molar-refractivity contribution in [2.45, 2.75) is 38.9 Å². The number of carbonyl (C=O) groups is 1. The van der Waals surface area contributed by atoms with Gasteiger partial charge >= 0.3 is 0 Å². The fourth-order valence-electron chi connectivity index (χ4n) is 3.03. The van der Waals surface area contributed by atoms with Crippen molar-refractivity contribution in [3.63, 3.8) is 0 Å². The number of nitrogens with one attached hydrogen (secondary N) is 2. The number of carbonyl (C=O) groups excluding carboxylic acids is 1. The van der Waals surface area contributed by atoms with Crippen LogP contribution in [0.5, 0.6) is 0 Å². The molecule has 2 N–H and O–H groups in total. The molecule has 0 bridgehead atoms. The molecule has 3 heteroatoms. The molecule has 0 saturated heterocycles. The SMILES string of the molecule is CCC(C(=O)NCc1ccc2c(c1)CNC2)c1ccccc1. The lowest BCUT2D eigenvalue weighted by molar-refractivity contribution is -0.122. The summed E-state index contributed by atoms with van der Waals surface area (Å²) in [7, 11) is 0. The number of hydrogen-bond acceptors (Lipinski definition) is 2. The molecule has 0 aromatic heterocycles. The molecule has 2 aromatic carbocycles. The van der Waals surface area contributed by atoms with E-state index in [2.05, 4.69) is 35.8 Å². The Bertz CT molecular complexity index is 652. The van der Waals surface area contributed by atoms with Crippen LogP contribution in [0.15, 0.2) is 48.5 Å². The van der Waals surface area contributed by atoms with Crippen molar-refractivity contribution < 1.29 is 4.79 Å². The topological polar surface area (TPSA) is 41.1 Å². The van der Waals surface area contributed by atoms with E-state index in [1.54, 1.807) is 0 Å². The summed E-state index contributed by atoms with van der Waals surface area (Å²) in [5, 5.41) is 6.42. The Morgan fingerprint density at radius 1 is 1.14 bits per heavy atom. The van der Waals surface area contributed by atoms with Crippen molar-refractivity contribution >= 4 is 5.91 Å². The Morgan fingerprint density at radius 3 is 2.68 bits per heavy atom. The molecule has 0 fully saturated rings. The zero-order valence-electron chi connectivity index (χ0n) is 12.9. The van der Waals surface area contributed by atoms with Gasteiger partial charge in [0.1, 0.15) is 0 Å². The van der Waals surface area contributed by atoms with Gasteiger partial charge in [-0.2, -0.15) is 0 Å². The molecule has 0 spiro atoms. The van der Waals surface area contributed by atoms with Crippen LogP contribution in [0.4, 0.5) is 0 Å². The van der Waals surface area contributed by atoms with Gasteiger partial charge in [-0.05, 0) is 28.7 Å². The molecule has 1 amide bonds. The summed E-state index contributed by atoms with van der Waals surface area (Å²) in [6.45, 7) is 4.53. The maximum atomic E-state index is 12.5. The average Bonchev–Trinajstić information content (AvgIpc) is 3.02. The van der Waals surface area contributed by atoms with Gasteiger partial charge in [0, 0.05) is 19.6 Å². The quantitative estimate of drug-likeness (QED) is 0.889. The van der Waals surface area contributed by atoms with Gasteiger partial charge in [0.05, 0.1) is 5.92 Å². The van der Waals surface area contributed by atoms with Crippen LogP contribution in [0.1, 0.15) is 41.5 Å². The Morgan fingerprint density at radius 2 is 1.91 bits per heavy atom. The molecule has 1 aliphatic heterocycles. The van der Waals surface area contributed by atoms with Crippen LogP contribution in [0, 0.1) is 0 Å². The molecule has 3 nitrogen and oxygen atoms in total. The molecule has 1 unspecified atom stereocenters. The highest BCUT2D eigenvalue weighted by molar-refractivity contribution is 5.83. The summed E-state index contributed by atoms with van der Waals surface area (Å²) in [6, 6.07) is 16.5. The van der Waals surface area contributed by atoms with Gasteiger partial charge in [-0.15, -0.1) is 0 Å². The average molecular weight is 294 g/mol. The fourth-order valence-corrected chi connectivity index (χ4v) is 3.03. The minimum atomic E-state index is -0.0720. The summed E-state index contributed by atoms with van der Waals surface area (Å²) in [5.41, 5.74) is 4.96. The molecule has 1 heterocycles. The van der Waals surface area contributed by atoms with Crippen LogP contribution in [0.3, 0.4) is 0 Å². The molecular formula is C19H22N2O. The summed E-state index contributed by atoms with van der Waals surface area (Å²) >= 11 is 0. The van der Waals surface area contributed by atoms with E-state index in [-0.39, 0.29) is 11.8 Å². The van der Waals surface area contributed by atoms with Crippen LogP contribution in [-0.2, 0) is 24.4 Å². The summed E-state index contributed by atoms with van der Waals surface area (Å²) in [5.74, 6) is 0.0321. The highest BCUT2D eigenvalue weighted by Crippen LogP contribution is 2.20. The van der Waals surface area contributed by atoms with E-state index in [9.17, 15) is 4.79 Å². The second-order valence-corrected chi connectivity index (χ2v) is 5.80. The zero-order chi connectivity index (χ0) is 15.4. The predicted molar refractivity (Wildman–Crippen MR) is 88.3 cm³/mol. The second kappa shape index (κ2) is 6.75. The molecule has 3 rings (SSSR count). The van der Waals surface area contributed by atoms with Crippen LogP contribution < -0.4 is 10.6 Å². The number of fused-ring (bicyclic) bond motifs is 1. The molecule has 1 aliphatic rings. The first-order chi connectivity index (χ1) is 10.8. The van der Waals surface area contributed by atoms with Crippen molar-refractivity contribution in [2.75, 3.05) is 0 Å². The fraction of sp³-hybridized carbons (Fsp3) is 0.316. The molecule has 114 valence electrons. The van der Waals surface area contributed by atoms with Crippen molar-refractivity contribution in [2.24, 2.45) is 0 Å². The minimum absolute atomic E-state index is 0.0720. The Kier molecular flexibility index (Phi) is 4.54. The molecule has 22 heavy (non-hydrogen) atoms. The highest BCUT2D eigenvalue weighted by Gasteiger charge is 2.18. The van der Waals surface area contributed by atoms with Gasteiger partial charge in [0.2, 0.25) is 5.91 Å². The number of benzene rings is 2. The standard InChI is InChI=1S/C19H22N2O/c1-2-18(15-6-4-3-5-7-15)19(22)21-11-14-8-9-16-12-20-13-17(16)10-14/h3-10,18,20H,2,11-13H2,1H3,(H,21,22). The van der Waals surface area contributed by atoms with Crippen molar-refractivity contribution in [3.05, 3.63) is 70.8 Å². The van der Waals surface area contributed by atoms with E-state index < -0.39 is 0 Å². The third-order valence-electron chi connectivity index (χ3n) is 4.30. The van der Waals surface area contributed by atoms with E-state index in [0.717, 1.165) is 25.1 Å². The smallest absolute Gasteiger partial charge is 0.227 e. The number of hydrogen-bond donors (Lipinski definition) is 2. The van der Waals surface area contributed by atoms with Gasteiger partial charge in [-0.25, -0.2) is 0 Å². The lowest BCUT2D eigenvalue weighted by Crippen LogP contribution is -2.28. The lowest BCUT2D eigenvalue weighted by atomic mass is 9.95. The molecule has 2 aromatic rings. The first kappa shape index (κ1) is 14.8. The van der Waals surface area contributed by atoms with E-state index in [1.165, 1.54) is 16.7 Å². The van der Waals surface area contributed by atoms with Gasteiger partial charge in [0.25, 0.3) is 0 Å². The lowest BCUT2D eigenvalue weighted by Gasteiger charge is -2.15. The monoisotopic (exact) mass is 294 g/mol. The van der Waals surface area contributed by atoms with Crippen LogP contribution in [0.25, 0.3) is 0 Å². The third kappa shape index (κ3) is 3.20. The molecule has 0 radical (unpaired) electrons. The van der Waals surface area contributed by atoms with Gasteiger partial charge in [0.15, 0.2) is 0 Å². The molecule has 0 saturated carbocycles. The van der Waals surface area contributed by atoms with Crippen molar-refractivity contribution in [1.82, 2.24) is 10.6 Å². The van der Waals surface area contributed by atoms with E-state index in [1.807, 2.05) is 30.3 Å². The zero-order valence-corrected chi connectivity index (χ0v) is 12.9. The largest absolute Gasteiger partial charge is 0.351 e. The second-order valence-electron chi connectivity index (χ2n) is 5.80. The summed E-state index contributed by atoms with van der Waals surface area (Å²) in [6.07, 6.45) is 0.809. The maximum Gasteiger partial charge on any atom is 0.227 e. The summed E-state index contributed by atoms with van der Waals surface area (Å²) < 4.78 is 0. The van der Waals surface area contributed by atoms with Crippen molar-refractivity contribution in [1.29, 1.82) is 0 Å².